The molecule has 0 unspecified atom stereocenters. The molecule has 0 saturated heterocycles. The predicted molar refractivity (Wildman–Crippen MR) is 101 cm³/mol. The first-order chi connectivity index (χ1) is 12.5. The van der Waals surface area contributed by atoms with Crippen LogP contribution in [0.2, 0.25) is 0 Å². The second kappa shape index (κ2) is 7.87. The van der Waals surface area contributed by atoms with Gasteiger partial charge in [-0.2, -0.15) is 18.2 Å². The van der Waals surface area contributed by atoms with Crippen molar-refractivity contribution in [3.63, 3.8) is 0 Å². The average molecular weight is 376 g/mol. The van der Waals surface area contributed by atoms with E-state index in [1.54, 1.807) is 6.92 Å². The predicted octanol–water partition coefficient (Wildman–Crippen LogP) is 4.54. The highest BCUT2D eigenvalue weighted by atomic mass is 19.4. The Bertz CT molecular complexity index is 860. The Morgan fingerprint density at radius 1 is 1.07 bits per heavy atom. The van der Waals surface area contributed by atoms with Crippen LogP contribution in [0.25, 0.3) is 0 Å². The molecule has 0 radical (unpaired) electrons. The van der Waals surface area contributed by atoms with E-state index in [1.807, 2.05) is 20.8 Å². The zero-order chi connectivity index (χ0) is 20.2. The molecule has 7 heteroatoms. The second-order valence-electron chi connectivity index (χ2n) is 6.77. The summed E-state index contributed by atoms with van der Waals surface area (Å²) in [5.41, 5.74) is 6.37. The minimum atomic E-state index is -4.35. The van der Waals surface area contributed by atoms with E-state index in [9.17, 15) is 13.2 Å². The van der Waals surface area contributed by atoms with Crippen molar-refractivity contribution in [3.05, 3.63) is 46.6 Å². The van der Waals surface area contributed by atoms with Gasteiger partial charge >= 0.3 is 6.18 Å². The van der Waals surface area contributed by atoms with Gasteiger partial charge in [0.1, 0.15) is 5.82 Å². The molecule has 27 heavy (non-hydrogen) atoms. The summed E-state index contributed by atoms with van der Waals surface area (Å²) in [5.74, 6) is 6.95. The fourth-order valence-corrected chi connectivity index (χ4v) is 2.48. The Morgan fingerprint density at radius 3 is 2.22 bits per heavy atom. The van der Waals surface area contributed by atoms with Crippen LogP contribution in [0, 0.1) is 18.8 Å². The minimum absolute atomic E-state index is 0.165. The van der Waals surface area contributed by atoms with Gasteiger partial charge in [0, 0.05) is 6.54 Å². The second-order valence-corrected chi connectivity index (χ2v) is 6.77. The molecule has 1 heterocycles. The van der Waals surface area contributed by atoms with Crippen LogP contribution in [0.1, 0.15) is 49.6 Å². The van der Waals surface area contributed by atoms with Gasteiger partial charge in [-0.25, -0.2) is 4.98 Å². The number of rotatable bonds is 4. The Labute approximate surface area is 157 Å². The van der Waals surface area contributed by atoms with Crippen LogP contribution in [0.4, 0.5) is 24.9 Å². The summed E-state index contributed by atoms with van der Waals surface area (Å²) in [6.07, 6.45) is -3.44. The number of hydrogen-bond donors (Lipinski definition) is 2. The third kappa shape index (κ3) is 5.13. The maximum Gasteiger partial charge on any atom is 0.416 e. The molecule has 0 aliphatic rings. The standard InChI is InChI=1S/C20H23F3N4/c1-5-12-25-17-16(13(2)26-18(24)27-17)10-11-19(3,4)14-6-8-15(9-7-14)20(21,22)23/h6-9H,5,12H2,1-4H3,(H3,24,25,26,27). The molecule has 0 aliphatic heterocycles. The van der Waals surface area contributed by atoms with Crippen molar-refractivity contribution in [2.24, 2.45) is 0 Å². The number of benzene rings is 1. The van der Waals surface area contributed by atoms with Crippen molar-refractivity contribution in [1.82, 2.24) is 9.97 Å². The van der Waals surface area contributed by atoms with Gasteiger partial charge in [-0.15, -0.1) is 0 Å². The molecule has 0 aliphatic carbocycles. The van der Waals surface area contributed by atoms with E-state index >= 15 is 0 Å². The SMILES string of the molecule is CCCNc1nc(N)nc(C)c1C#CC(C)(C)c1ccc(C(F)(F)F)cc1. The van der Waals surface area contributed by atoms with E-state index in [1.165, 1.54) is 12.1 Å². The van der Waals surface area contributed by atoms with E-state index in [0.29, 0.717) is 29.2 Å². The molecule has 0 fully saturated rings. The normalized spacial score (nSPS) is 11.7. The maximum atomic E-state index is 12.7. The number of aromatic nitrogens is 2. The highest BCUT2D eigenvalue weighted by Gasteiger charge is 2.30. The van der Waals surface area contributed by atoms with Gasteiger partial charge in [0.05, 0.1) is 22.2 Å². The molecule has 0 spiro atoms. The molecular weight excluding hydrogens is 353 g/mol. The van der Waals surface area contributed by atoms with Crippen molar-refractivity contribution >= 4 is 11.8 Å². The van der Waals surface area contributed by atoms with Crippen LogP contribution in [0.3, 0.4) is 0 Å². The van der Waals surface area contributed by atoms with E-state index in [4.69, 9.17) is 5.73 Å². The molecule has 4 nitrogen and oxygen atoms in total. The summed E-state index contributed by atoms with van der Waals surface area (Å²) in [4.78, 5) is 8.37. The van der Waals surface area contributed by atoms with Gasteiger partial charge in [0.25, 0.3) is 0 Å². The van der Waals surface area contributed by atoms with Crippen LogP contribution >= 0.6 is 0 Å². The number of aryl methyl sites for hydroxylation is 1. The summed E-state index contributed by atoms with van der Waals surface area (Å²) < 4.78 is 38.2. The van der Waals surface area contributed by atoms with Crippen LogP contribution < -0.4 is 11.1 Å². The number of nitrogens with one attached hydrogen (secondary N) is 1. The van der Waals surface area contributed by atoms with Gasteiger partial charge in [-0.3, -0.25) is 0 Å². The lowest BCUT2D eigenvalue weighted by Crippen LogP contribution is -2.15. The number of nitrogen functional groups attached to an aromatic ring is 1. The van der Waals surface area contributed by atoms with Crippen molar-refractivity contribution in [2.45, 2.75) is 45.7 Å². The topological polar surface area (TPSA) is 63.8 Å². The molecule has 1 aromatic heterocycles. The monoisotopic (exact) mass is 376 g/mol. The Morgan fingerprint density at radius 2 is 1.67 bits per heavy atom. The van der Waals surface area contributed by atoms with E-state index in [0.717, 1.165) is 18.6 Å². The molecule has 1 aromatic carbocycles. The van der Waals surface area contributed by atoms with Crippen molar-refractivity contribution in [3.8, 4) is 11.8 Å². The Kier molecular flexibility index (Phi) is 5.99. The fourth-order valence-electron chi connectivity index (χ4n) is 2.48. The van der Waals surface area contributed by atoms with E-state index in [-0.39, 0.29) is 5.95 Å². The van der Waals surface area contributed by atoms with Crippen molar-refractivity contribution < 1.29 is 13.2 Å². The van der Waals surface area contributed by atoms with Gasteiger partial charge in [-0.05, 0) is 44.9 Å². The summed E-state index contributed by atoms with van der Waals surface area (Å²) >= 11 is 0. The lowest BCUT2D eigenvalue weighted by molar-refractivity contribution is -0.137. The van der Waals surface area contributed by atoms with E-state index < -0.39 is 17.2 Å². The highest BCUT2D eigenvalue weighted by Crippen LogP contribution is 2.31. The number of halogens is 3. The van der Waals surface area contributed by atoms with Crippen LogP contribution in [-0.2, 0) is 11.6 Å². The zero-order valence-corrected chi connectivity index (χ0v) is 15.8. The Hall–Kier alpha value is -2.75. The lowest BCUT2D eigenvalue weighted by Gasteiger charge is -2.19. The fraction of sp³-hybridized carbons (Fsp3) is 0.400. The molecule has 3 N–H and O–H groups in total. The molecule has 0 bridgehead atoms. The summed E-state index contributed by atoms with van der Waals surface area (Å²) in [7, 11) is 0. The molecular formula is C20H23F3N4. The number of hydrogen-bond acceptors (Lipinski definition) is 4. The van der Waals surface area contributed by atoms with Crippen LogP contribution in [0.15, 0.2) is 24.3 Å². The third-order valence-corrected chi connectivity index (χ3v) is 4.08. The molecule has 0 atom stereocenters. The first-order valence-corrected chi connectivity index (χ1v) is 8.63. The molecule has 2 aromatic rings. The summed E-state index contributed by atoms with van der Waals surface area (Å²) in [6.45, 7) is 8.26. The Balaban J connectivity index is 2.38. The van der Waals surface area contributed by atoms with Gasteiger partial charge in [0.2, 0.25) is 5.95 Å². The zero-order valence-electron chi connectivity index (χ0n) is 15.8. The number of anilines is 2. The number of nitrogens with two attached hydrogens (primary N) is 1. The van der Waals surface area contributed by atoms with Crippen LogP contribution in [0.5, 0.6) is 0 Å². The lowest BCUT2D eigenvalue weighted by atomic mass is 9.84. The highest BCUT2D eigenvalue weighted by molar-refractivity contribution is 5.59. The number of nitrogens with zero attached hydrogens (tertiary/aromatic N) is 2. The quantitative estimate of drug-likeness (QED) is 0.769. The molecule has 144 valence electrons. The molecule has 0 amide bonds. The summed E-state index contributed by atoms with van der Waals surface area (Å²) in [6, 6.07) is 5.06. The van der Waals surface area contributed by atoms with Gasteiger partial charge in [0.15, 0.2) is 0 Å². The third-order valence-electron chi connectivity index (χ3n) is 4.08. The minimum Gasteiger partial charge on any atom is -0.369 e. The average Bonchev–Trinajstić information content (AvgIpc) is 2.58. The largest absolute Gasteiger partial charge is 0.416 e. The van der Waals surface area contributed by atoms with Gasteiger partial charge in [-0.1, -0.05) is 30.9 Å². The smallest absolute Gasteiger partial charge is 0.369 e. The first-order valence-electron chi connectivity index (χ1n) is 8.63. The van der Waals surface area contributed by atoms with Gasteiger partial charge < -0.3 is 11.1 Å². The van der Waals surface area contributed by atoms with Crippen LogP contribution in [-0.4, -0.2) is 16.5 Å². The van der Waals surface area contributed by atoms with Crippen molar-refractivity contribution in [1.29, 1.82) is 0 Å². The van der Waals surface area contributed by atoms with E-state index in [2.05, 4.69) is 27.1 Å². The van der Waals surface area contributed by atoms with Crippen molar-refractivity contribution in [2.75, 3.05) is 17.6 Å². The molecule has 0 saturated carbocycles. The summed E-state index contributed by atoms with van der Waals surface area (Å²) in [5, 5.41) is 3.19. The first kappa shape index (κ1) is 20.6. The molecule has 2 rings (SSSR count). The number of alkyl halides is 3. The maximum absolute atomic E-state index is 12.7.